The summed E-state index contributed by atoms with van der Waals surface area (Å²) >= 11 is 0. The zero-order valence-corrected chi connectivity index (χ0v) is 25.7. The van der Waals surface area contributed by atoms with Gasteiger partial charge in [0.25, 0.3) is 5.91 Å². The number of hydrogen-bond donors (Lipinski definition) is 0. The smallest absolute Gasteiger partial charge is 0.253 e. The van der Waals surface area contributed by atoms with Crippen molar-refractivity contribution in [3.63, 3.8) is 0 Å². The molecule has 1 aliphatic rings. The maximum Gasteiger partial charge on any atom is 0.253 e. The van der Waals surface area contributed by atoms with E-state index in [1.807, 2.05) is 91.1 Å². The number of likely N-dealkylation sites (N-methyl/N-ethyl adjacent to an activating group) is 1. The number of ether oxygens (including phenoxy) is 1. The molecule has 0 aliphatic carbocycles. The summed E-state index contributed by atoms with van der Waals surface area (Å²) in [5.41, 5.74) is 4.22. The van der Waals surface area contributed by atoms with E-state index in [1.54, 1.807) is 18.2 Å². The van der Waals surface area contributed by atoms with Gasteiger partial charge in [0.05, 0.1) is 24.7 Å². The Morgan fingerprint density at radius 1 is 1.00 bits per heavy atom. The maximum atomic E-state index is 13.5. The molecule has 1 aliphatic heterocycles. The number of piperazine rings is 1. The van der Waals surface area contributed by atoms with Gasteiger partial charge in [0.2, 0.25) is 5.91 Å². The highest BCUT2D eigenvalue weighted by molar-refractivity contribution is 5.97. The van der Waals surface area contributed by atoms with Crippen molar-refractivity contribution in [3.05, 3.63) is 71.7 Å². The molecule has 0 radical (unpaired) electrons. The zero-order chi connectivity index (χ0) is 30.5. The lowest BCUT2D eigenvalue weighted by Crippen LogP contribution is -2.49. The Morgan fingerprint density at radius 2 is 1.79 bits per heavy atom. The minimum Gasteiger partial charge on any atom is -0.494 e. The van der Waals surface area contributed by atoms with E-state index in [4.69, 9.17) is 4.74 Å². The zero-order valence-electron chi connectivity index (χ0n) is 25.7. The molecule has 2 amide bonds. The number of nitrogens with zero attached hydrogens (tertiary/aromatic N) is 8. The van der Waals surface area contributed by atoms with Gasteiger partial charge in [-0.25, -0.2) is 14.6 Å². The van der Waals surface area contributed by atoms with Crippen LogP contribution in [0.15, 0.2) is 55.0 Å². The van der Waals surface area contributed by atoms with Crippen molar-refractivity contribution >= 4 is 34.4 Å². The van der Waals surface area contributed by atoms with Crippen LogP contribution in [0.1, 0.15) is 35.3 Å². The van der Waals surface area contributed by atoms with Crippen molar-refractivity contribution in [3.8, 4) is 5.75 Å². The first-order chi connectivity index (χ1) is 20.7. The Kier molecular flexibility index (Phi) is 9.20. The van der Waals surface area contributed by atoms with Crippen LogP contribution < -0.4 is 14.5 Å². The highest BCUT2D eigenvalue weighted by atomic mass is 16.5. The van der Waals surface area contributed by atoms with Gasteiger partial charge in [-0.05, 0) is 69.4 Å². The van der Waals surface area contributed by atoms with Gasteiger partial charge in [-0.2, -0.15) is 5.10 Å². The van der Waals surface area contributed by atoms with Crippen molar-refractivity contribution in [1.82, 2.24) is 29.5 Å². The second-order valence-corrected chi connectivity index (χ2v) is 11.1. The lowest BCUT2D eigenvalue weighted by atomic mass is 10.1. The van der Waals surface area contributed by atoms with Crippen molar-refractivity contribution in [2.75, 3.05) is 69.8 Å². The molecule has 0 N–H and O–H groups in total. The van der Waals surface area contributed by atoms with Crippen LogP contribution in [-0.2, 0) is 11.3 Å². The summed E-state index contributed by atoms with van der Waals surface area (Å²) in [4.78, 5) is 42.8. The molecule has 11 nitrogen and oxygen atoms in total. The van der Waals surface area contributed by atoms with Crippen LogP contribution in [0, 0.1) is 6.92 Å². The summed E-state index contributed by atoms with van der Waals surface area (Å²) in [5, 5.41) is 5.51. The molecule has 43 heavy (non-hydrogen) atoms. The average molecular weight is 585 g/mol. The molecule has 226 valence electrons. The monoisotopic (exact) mass is 584 g/mol. The van der Waals surface area contributed by atoms with E-state index in [9.17, 15) is 9.59 Å². The van der Waals surface area contributed by atoms with Gasteiger partial charge in [-0.3, -0.25) is 9.59 Å². The summed E-state index contributed by atoms with van der Waals surface area (Å²) < 4.78 is 7.52. The third-order valence-electron chi connectivity index (χ3n) is 7.71. The maximum absolute atomic E-state index is 13.5. The largest absolute Gasteiger partial charge is 0.494 e. The molecule has 1 saturated heterocycles. The molecule has 1 fully saturated rings. The number of fused-ring (bicyclic) bond motifs is 1. The molecule has 2 aromatic carbocycles. The molecule has 2 aromatic heterocycles. The number of anilines is 2. The van der Waals surface area contributed by atoms with E-state index in [0.717, 1.165) is 46.0 Å². The molecular weight excluding hydrogens is 544 g/mol. The van der Waals surface area contributed by atoms with Crippen molar-refractivity contribution < 1.29 is 14.3 Å². The first-order valence-corrected chi connectivity index (χ1v) is 14.7. The minimum absolute atomic E-state index is 0.00750. The molecule has 11 heteroatoms. The van der Waals surface area contributed by atoms with Crippen LogP contribution in [0.25, 0.3) is 11.0 Å². The fourth-order valence-corrected chi connectivity index (χ4v) is 5.46. The first kappa shape index (κ1) is 30.0. The van der Waals surface area contributed by atoms with Gasteiger partial charge < -0.3 is 24.3 Å². The van der Waals surface area contributed by atoms with Crippen LogP contribution in [0.5, 0.6) is 5.75 Å². The molecule has 0 saturated carbocycles. The third-order valence-corrected chi connectivity index (χ3v) is 7.71. The number of carbonyl (C=O) groups is 2. The van der Waals surface area contributed by atoms with Crippen LogP contribution in [0.4, 0.5) is 11.5 Å². The van der Waals surface area contributed by atoms with E-state index in [0.29, 0.717) is 51.4 Å². The Hall–Kier alpha value is -4.51. The Bertz CT molecular complexity index is 1590. The number of aromatic nitrogens is 4. The second-order valence-electron chi connectivity index (χ2n) is 11.1. The molecule has 5 rings (SSSR count). The predicted molar refractivity (Wildman–Crippen MR) is 168 cm³/mol. The van der Waals surface area contributed by atoms with Gasteiger partial charge in [0, 0.05) is 57.4 Å². The fraction of sp³-hybridized carbons (Fsp3) is 0.406. The lowest BCUT2D eigenvalue weighted by molar-refractivity contribution is -0.116. The molecular formula is C32H40N8O3. The molecule has 0 bridgehead atoms. The Labute approximate surface area is 252 Å². The van der Waals surface area contributed by atoms with Crippen LogP contribution >= 0.6 is 0 Å². The van der Waals surface area contributed by atoms with Gasteiger partial charge >= 0.3 is 0 Å². The summed E-state index contributed by atoms with van der Waals surface area (Å²) in [6.07, 6.45) is 3.40. The van der Waals surface area contributed by atoms with Crippen molar-refractivity contribution in [1.29, 1.82) is 0 Å². The minimum atomic E-state index is -0.0136. The van der Waals surface area contributed by atoms with Gasteiger partial charge in [0.1, 0.15) is 17.9 Å². The number of benzene rings is 2. The second kappa shape index (κ2) is 13.2. The Balaban J connectivity index is 1.25. The van der Waals surface area contributed by atoms with Crippen LogP contribution in [-0.4, -0.2) is 101 Å². The molecule has 0 unspecified atom stereocenters. The predicted octanol–water partition coefficient (Wildman–Crippen LogP) is 3.46. The van der Waals surface area contributed by atoms with E-state index in [-0.39, 0.29) is 11.8 Å². The van der Waals surface area contributed by atoms with Crippen molar-refractivity contribution in [2.45, 2.75) is 27.3 Å². The van der Waals surface area contributed by atoms with E-state index in [1.165, 1.54) is 0 Å². The van der Waals surface area contributed by atoms with Gasteiger partial charge in [0.15, 0.2) is 5.65 Å². The third kappa shape index (κ3) is 6.77. The normalized spacial score (nSPS) is 13.5. The highest BCUT2D eigenvalue weighted by Crippen LogP contribution is 2.26. The summed E-state index contributed by atoms with van der Waals surface area (Å²) in [7, 11) is 3.97. The molecule has 3 heterocycles. The number of rotatable bonds is 10. The van der Waals surface area contributed by atoms with Gasteiger partial charge in [-0.15, -0.1) is 0 Å². The number of hydrogen-bond acceptors (Lipinski definition) is 8. The van der Waals surface area contributed by atoms with E-state index in [2.05, 4.69) is 20.0 Å². The molecule has 4 aromatic rings. The fourth-order valence-electron chi connectivity index (χ4n) is 5.46. The van der Waals surface area contributed by atoms with Crippen LogP contribution in [0.3, 0.4) is 0 Å². The molecule has 0 spiro atoms. The summed E-state index contributed by atoms with van der Waals surface area (Å²) in [5.74, 6) is 1.64. The number of aryl methyl sites for hydroxylation is 1. The van der Waals surface area contributed by atoms with Crippen molar-refractivity contribution in [2.24, 2.45) is 0 Å². The molecule has 0 atom stereocenters. The van der Waals surface area contributed by atoms with Crippen LogP contribution in [0.2, 0.25) is 0 Å². The quantitative estimate of drug-likeness (QED) is 0.280. The standard InChI is InChI=1S/C32H40N8O3/c1-6-43-27-9-7-8-25(19-27)21-40-31-28(20-35-40)30(33-22-34-31)37-13-15-38(16-14-37)32(42)26-10-11-29(23(2)18-26)39(24(3)41)17-12-36(4)5/h7-11,18-20,22H,6,12-17,21H2,1-5H3. The first-order valence-electron chi connectivity index (χ1n) is 14.7. The summed E-state index contributed by atoms with van der Waals surface area (Å²) in [6.45, 7) is 10.5. The van der Waals surface area contributed by atoms with E-state index < -0.39 is 0 Å². The Morgan fingerprint density at radius 3 is 2.49 bits per heavy atom. The summed E-state index contributed by atoms with van der Waals surface area (Å²) in [6, 6.07) is 13.6. The highest BCUT2D eigenvalue weighted by Gasteiger charge is 2.26. The average Bonchev–Trinajstić information content (AvgIpc) is 3.40. The topological polar surface area (TPSA) is 99.9 Å². The van der Waals surface area contributed by atoms with E-state index >= 15 is 0 Å². The number of amides is 2. The SMILES string of the molecule is CCOc1cccc(Cn2ncc3c(N4CCN(C(=O)c5ccc(N(CCN(C)C)C(C)=O)c(C)c5)CC4)ncnc32)c1. The number of carbonyl (C=O) groups excluding carboxylic acids is 2. The lowest BCUT2D eigenvalue weighted by Gasteiger charge is -2.35. The van der Waals surface area contributed by atoms with Gasteiger partial charge in [-0.1, -0.05) is 12.1 Å².